The molecule has 116 valence electrons. The summed E-state index contributed by atoms with van der Waals surface area (Å²) in [5.74, 6) is -1.35. The van der Waals surface area contributed by atoms with Crippen molar-refractivity contribution < 1.29 is 19.5 Å². The number of carbonyl (C=O) groups is 3. The Kier molecular flexibility index (Phi) is 4.99. The molecule has 23 heavy (non-hydrogen) atoms. The highest BCUT2D eigenvalue weighted by atomic mass is 16.4. The molecule has 0 unspecified atom stereocenters. The van der Waals surface area contributed by atoms with E-state index in [1.165, 1.54) is 31.2 Å². The fourth-order valence-corrected chi connectivity index (χ4v) is 1.90. The third kappa shape index (κ3) is 3.88. The molecule has 0 aliphatic rings. The molecule has 0 radical (unpaired) electrons. The molecule has 0 atom stereocenters. The molecule has 0 bridgehead atoms. The van der Waals surface area contributed by atoms with Crippen LogP contribution in [0, 0.1) is 0 Å². The van der Waals surface area contributed by atoms with Crippen LogP contribution in [0.25, 0.3) is 0 Å². The molecule has 0 saturated heterocycles. The highest BCUT2D eigenvalue weighted by molar-refractivity contribution is 6.45. The molecule has 0 saturated carbocycles. The summed E-state index contributed by atoms with van der Waals surface area (Å²) in [6, 6.07) is 14.2. The molecular weight excluding hydrogens is 296 g/mol. The summed E-state index contributed by atoms with van der Waals surface area (Å²) in [7, 11) is 0. The van der Waals surface area contributed by atoms with Crippen molar-refractivity contribution in [1.82, 2.24) is 0 Å². The smallest absolute Gasteiger partial charge is 0.335 e. The van der Waals surface area contributed by atoms with E-state index in [1.54, 1.807) is 30.3 Å². The maximum absolute atomic E-state index is 12.2. The van der Waals surface area contributed by atoms with E-state index in [0.29, 0.717) is 17.7 Å². The van der Waals surface area contributed by atoms with E-state index in [1.807, 2.05) is 0 Å². The Morgan fingerprint density at radius 1 is 1.00 bits per heavy atom. The van der Waals surface area contributed by atoms with E-state index in [4.69, 9.17) is 5.11 Å². The molecule has 1 N–H and O–H groups in total. The second-order valence-corrected chi connectivity index (χ2v) is 4.68. The van der Waals surface area contributed by atoms with E-state index < -0.39 is 5.97 Å². The number of Topliss-reactive ketones (excluding diaryl/α,β-unsaturated/α-hetero) is 1. The number of hydrogen-bond donors (Lipinski definition) is 1. The number of carboxylic acid groups (broad SMARTS) is 1. The quantitative estimate of drug-likeness (QED) is 0.384. The van der Waals surface area contributed by atoms with Gasteiger partial charge < -0.3 is 5.11 Å². The maximum Gasteiger partial charge on any atom is 0.335 e. The molecule has 1 amide bonds. The number of hydrazone groups is 1. The van der Waals surface area contributed by atoms with Gasteiger partial charge in [0.1, 0.15) is 5.71 Å². The number of hydrogen-bond acceptors (Lipinski definition) is 4. The maximum atomic E-state index is 12.2. The zero-order valence-electron chi connectivity index (χ0n) is 12.3. The molecule has 6 heteroatoms. The number of rotatable bonds is 6. The number of anilines is 1. The third-order valence-electron chi connectivity index (χ3n) is 3.10. The largest absolute Gasteiger partial charge is 0.478 e. The fourth-order valence-electron chi connectivity index (χ4n) is 1.90. The van der Waals surface area contributed by atoms with Crippen LogP contribution >= 0.6 is 0 Å². The highest BCUT2D eigenvalue weighted by Crippen LogP contribution is 2.15. The Balaban J connectivity index is 2.25. The summed E-state index contributed by atoms with van der Waals surface area (Å²) >= 11 is 0. The number of ketones is 1. The van der Waals surface area contributed by atoms with Crippen LogP contribution < -0.4 is 5.01 Å². The van der Waals surface area contributed by atoms with Crippen LogP contribution in [0.15, 0.2) is 59.7 Å². The van der Waals surface area contributed by atoms with Gasteiger partial charge in [0, 0.05) is 5.56 Å². The van der Waals surface area contributed by atoms with E-state index in [2.05, 4.69) is 5.10 Å². The number of benzene rings is 2. The number of nitrogens with zero attached hydrogens (tertiary/aromatic N) is 2. The van der Waals surface area contributed by atoms with E-state index >= 15 is 0 Å². The molecule has 0 spiro atoms. The standard InChI is InChI=1S/C17H14N2O4/c1-12(16(21)13-5-3-2-4-6-13)18-19(11-20)15-9-7-14(8-10-15)17(22)23/h2-11H,1H3,(H,22,23)/b18-12+. The van der Waals surface area contributed by atoms with Crippen LogP contribution in [-0.2, 0) is 4.79 Å². The van der Waals surface area contributed by atoms with Crippen molar-refractivity contribution in [3.8, 4) is 0 Å². The van der Waals surface area contributed by atoms with Gasteiger partial charge in [-0.2, -0.15) is 5.10 Å². The fraction of sp³-hybridized carbons (Fsp3) is 0.0588. The van der Waals surface area contributed by atoms with Gasteiger partial charge in [0.15, 0.2) is 0 Å². The second kappa shape index (κ2) is 7.13. The Hall–Kier alpha value is -3.28. The minimum Gasteiger partial charge on any atom is -0.478 e. The monoisotopic (exact) mass is 310 g/mol. The average molecular weight is 310 g/mol. The van der Waals surface area contributed by atoms with Crippen LogP contribution in [0.5, 0.6) is 0 Å². The summed E-state index contributed by atoms with van der Waals surface area (Å²) in [5.41, 5.74) is 1.08. The summed E-state index contributed by atoms with van der Waals surface area (Å²) in [5, 5.41) is 13.8. The van der Waals surface area contributed by atoms with Crippen LogP contribution in [0.3, 0.4) is 0 Å². The topological polar surface area (TPSA) is 87.0 Å². The zero-order chi connectivity index (χ0) is 16.8. The third-order valence-corrected chi connectivity index (χ3v) is 3.10. The van der Waals surface area contributed by atoms with Crippen molar-refractivity contribution in [3.05, 3.63) is 65.7 Å². The number of carbonyl (C=O) groups excluding carboxylic acids is 2. The minimum absolute atomic E-state index is 0.0978. The molecule has 0 fully saturated rings. The summed E-state index contributed by atoms with van der Waals surface area (Å²) < 4.78 is 0. The lowest BCUT2D eigenvalue weighted by Gasteiger charge is -2.12. The molecule has 0 aromatic heterocycles. The van der Waals surface area contributed by atoms with Gasteiger partial charge >= 0.3 is 5.97 Å². The van der Waals surface area contributed by atoms with Crippen molar-refractivity contribution in [2.45, 2.75) is 6.92 Å². The van der Waals surface area contributed by atoms with Crippen molar-refractivity contribution in [1.29, 1.82) is 0 Å². The first-order valence-electron chi connectivity index (χ1n) is 6.76. The van der Waals surface area contributed by atoms with E-state index in [0.717, 1.165) is 5.01 Å². The van der Waals surface area contributed by atoms with Gasteiger partial charge in [-0.3, -0.25) is 9.59 Å². The van der Waals surface area contributed by atoms with Gasteiger partial charge in [0.25, 0.3) is 0 Å². The van der Waals surface area contributed by atoms with Crippen molar-refractivity contribution >= 4 is 29.6 Å². The van der Waals surface area contributed by atoms with Gasteiger partial charge in [-0.25, -0.2) is 9.80 Å². The molecule has 0 heterocycles. The first kappa shape index (κ1) is 16.1. The normalized spacial score (nSPS) is 10.9. The summed E-state index contributed by atoms with van der Waals surface area (Å²) in [4.78, 5) is 34.3. The zero-order valence-corrected chi connectivity index (χ0v) is 12.3. The predicted octanol–water partition coefficient (Wildman–Crippen LogP) is 2.61. The van der Waals surface area contributed by atoms with Crippen LogP contribution in [-0.4, -0.2) is 29.0 Å². The average Bonchev–Trinajstić information content (AvgIpc) is 2.59. The Labute approximate surface area is 132 Å². The summed E-state index contributed by atoms with van der Waals surface area (Å²) in [6.07, 6.45) is 0.456. The molecule has 0 aliphatic heterocycles. The van der Waals surface area contributed by atoms with E-state index in [9.17, 15) is 14.4 Å². The van der Waals surface area contributed by atoms with Crippen LogP contribution in [0.2, 0.25) is 0 Å². The number of carboxylic acids is 1. The lowest BCUT2D eigenvalue weighted by Crippen LogP contribution is -2.20. The lowest BCUT2D eigenvalue weighted by atomic mass is 10.1. The highest BCUT2D eigenvalue weighted by Gasteiger charge is 2.12. The van der Waals surface area contributed by atoms with Gasteiger partial charge in [-0.1, -0.05) is 30.3 Å². The van der Waals surface area contributed by atoms with Gasteiger partial charge in [0.05, 0.1) is 11.3 Å². The summed E-state index contributed by atoms with van der Waals surface area (Å²) in [6.45, 7) is 1.51. The van der Waals surface area contributed by atoms with Crippen LogP contribution in [0.1, 0.15) is 27.6 Å². The SMILES string of the molecule is C/C(=N\N(C=O)c1ccc(C(=O)O)cc1)C(=O)c1ccccc1. The molecule has 2 aromatic rings. The molecular formula is C17H14N2O4. The first-order valence-corrected chi connectivity index (χ1v) is 6.76. The van der Waals surface area contributed by atoms with Crippen LogP contribution in [0.4, 0.5) is 5.69 Å². The Morgan fingerprint density at radius 2 is 1.61 bits per heavy atom. The van der Waals surface area contributed by atoms with E-state index in [-0.39, 0.29) is 17.1 Å². The second-order valence-electron chi connectivity index (χ2n) is 4.68. The minimum atomic E-state index is -1.06. The van der Waals surface area contributed by atoms with Crippen molar-refractivity contribution in [3.63, 3.8) is 0 Å². The molecule has 0 aliphatic carbocycles. The predicted molar refractivity (Wildman–Crippen MR) is 85.8 cm³/mol. The number of amides is 1. The molecule has 2 rings (SSSR count). The van der Waals surface area contributed by atoms with Crippen molar-refractivity contribution in [2.75, 3.05) is 5.01 Å². The molecule has 6 nitrogen and oxygen atoms in total. The van der Waals surface area contributed by atoms with Gasteiger partial charge in [-0.15, -0.1) is 0 Å². The Bertz CT molecular complexity index is 752. The van der Waals surface area contributed by atoms with Gasteiger partial charge in [0.2, 0.25) is 12.2 Å². The lowest BCUT2D eigenvalue weighted by molar-refractivity contribution is -0.107. The first-order chi connectivity index (χ1) is 11.0. The number of aromatic carboxylic acids is 1. The Morgan fingerprint density at radius 3 is 2.13 bits per heavy atom. The molecule has 2 aromatic carbocycles. The van der Waals surface area contributed by atoms with Crippen molar-refractivity contribution in [2.24, 2.45) is 5.10 Å². The van der Waals surface area contributed by atoms with Gasteiger partial charge in [-0.05, 0) is 31.2 Å².